The Balaban J connectivity index is 1.30. The minimum Gasteiger partial charge on any atom is -0.494 e. The fourth-order valence-corrected chi connectivity index (χ4v) is 3.69. The molecule has 6 nitrogen and oxygen atoms in total. The standard InChI is InChI=1S/C25H32N2O4/c1-2-30-22-10-12-23(13-11-22)31-18-6-9-24(28)27-16-14-21(15-17-27)25(29)26-19-20-7-4-3-5-8-20/h3-5,7-8,10-13,21H,2,6,9,14-19H2,1H3,(H,26,29). The van der Waals surface area contributed by atoms with Gasteiger partial charge in [0.15, 0.2) is 0 Å². The average molecular weight is 425 g/mol. The van der Waals surface area contributed by atoms with Gasteiger partial charge in [0.25, 0.3) is 0 Å². The summed E-state index contributed by atoms with van der Waals surface area (Å²) in [6.07, 6.45) is 2.57. The van der Waals surface area contributed by atoms with Crippen molar-refractivity contribution in [1.82, 2.24) is 10.2 Å². The molecule has 31 heavy (non-hydrogen) atoms. The first-order valence-electron chi connectivity index (χ1n) is 11.1. The Morgan fingerprint density at radius 3 is 2.26 bits per heavy atom. The summed E-state index contributed by atoms with van der Waals surface area (Å²) in [6.45, 7) is 4.91. The van der Waals surface area contributed by atoms with Gasteiger partial charge in [0.05, 0.1) is 13.2 Å². The van der Waals surface area contributed by atoms with Crippen molar-refractivity contribution in [2.24, 2.45) is 5.92 Å². The van der Waals surface area contributed by atoms with Gasteiger partial charge >= 0.3 is 0 Å². The molecule has 0 aromatic heterocycles. The molecule has 2 aromatic rings. The van der Waals surface area contributed by atoms with Gasteiger partial charge in [0, 0.05) is 32.0 Å². The zero-order chi connectivity index (χ0) is 21.9. The first-order chi connectivity index (χ1) is 15.2. The smallest absolute Gasteiger partial charge is 0.223 e. The Morgan fingerprint density at radius 2 is 1.61 bits per heavy atom. The third-order valence-corrected chi connectivity index (χ3v) is 5.47. The third kappa shape index (κ3) is 7.31. The molecule has 0 unspecified atom stereocenters. The summed E-state index contributed by atoms with van der Waals surface area (Å²) in [4.78, 5) is 26.8. The fourth-order valence-electron chi connectivity index (χ4n) is 3.69. The van der Waals surface area contributed by atoms with Crippen molar-refractivity contribution in [2.75, 3.05) is 26.3 Å². The number of piperidine rings is 1. The van der Waals surface area contributed by atoms with Crippen LogP contribution in [0, 0.1) is 5.92 Å². The van der Waals surface area contributed by atoms with E-state index in [0.717, 1.165) is 29.9 Å². The molecular weight excluding hydrogens is 392 g/mol. The highest BCUT2D eigenvalue weighted by Crippen LogP contribution is 2.20. The van der Waals surface area contributed by atoms with Gasteiger partial charge in [-0.3, -0.25) is 9.59 Å². The van der Waals surface area contributed by atoms with E-state index < -0.39 is 0 Å². The number of nitrogens with one attached hydrogen (secondary N) is 1. The Labute approximate surface area is 184 Å². The van der Waals surface area contributed by atoms with Crippen LogP contribution < -0.4 is 14.8 Å². The van der Waals surface area contributed by atoms with Crippen LogP contribution in [0.25, 0.3) is 0 Å². The van der Waals surface area contributed by atoms with Gasteiger partial charge in [-0.2, -0.15) is 0 Å². The molecule has 1 aliphatic rings. The van der Waals surface area contributed by atoms with E-state index in [1.807, 2.05) is 66.4 Å². The SMILES string of the molecule is CCOc1ccc(OCCCC(=O)N2CCC(C(=O)NCc3ccccc3)CC2)cc1. The summed E-state index contributed by atoms with van der Waals surface area (Å²) in [5, 5.41) is 3.01. The predicted molar refractivity (Wildman–Crippen MR) is 120 cm³/mol. The molecular formula is C25H32N2O4. The fraction of sp³-hybridized carbons (Fsp3) is 0.440. The summed E-state index contributed by atoms with van der Waals surface area (Å²) < 4.78 is 11.1. The van der Waals surface area contributed by atoms with E-state index >= 15 is 0 Å². The number of benzene rings is 2. The molecule has 0 spiro atoms. The van der Waals surface area contributed by atoms with Crippen LogP contribution in [0.5, 0.6) is 11.5 Å². The summed E-state index contributed by atoms with van der Waals surface area (Å²) in [5.74, 6) is 1.80. The molecule has 6 heteroatoms. The molecule has 166 valence electrons. The second-order valence-electron chi connectivity index (χ2n) is 7.71. The molecule has 1 saturated heterocycles. The van der Waals surface area contributed by atoms with E-state index in [1.54, 1.807) is 0 Å². The molecule has 1 fully saturated rings. The Morgan fingerprint density at radius 1 is 0.968 bits per heavy atom. The highest BCUT2D eigenvalue weighted by atomic mass is 16.5. The van der Waals surface area contributed by atoms with Crippen molar-refractivity contribution in [1.29, 1.82) is 0 Å². The number of carbonyl (C=O) groups is 2. The maximum absolute atomic E-state index is 12.5. The third-order valence-electron chi connectivity index (χ3n) is 5.47. The Bertz CT molecular complexity index is 815. The number of amides is 2. The van der Waals surface area contributed by atoms with Gasteiger partial charge in [-0.05, 0) is 56.0 Å². The van der Waals surface area contributed by atoms with Crippen LogP contribution in [0.4, 0.5) is 0 Å². The van der Waals surface area contributed by atoms with E-state index in [2.05, 4.69) is 5.32 Å². The van der Waals surface area contributed by atoms with Crippen LogP contribution >= 0.6 is 0 Å². The molecule has 1 N–H and O–H groups in total. The van der Waals surface area contributed by atoms with Gasteiger partial charge in [0.1, 0.15) is 11.5 Å². The van der Waals surface area contributed by atoms with Crippen LogP contribution in [0.15, 0.2) is 54.6 Å². The number of hydrogen-bond donors (Lipinski definition) is 1. The lowest BCUT2D eigenvalue weighted by atomic mass is 9.95. The number of rotatable bonds is 10. The molecule has 2 aromatic carbocycles. The lowest BCUT2D eigenvalue weighted by Crippen LogP contribution is -2.42. The van der Waals surface area contributed by atoms with Gasteiger partial charge in [-0.1, -0.05) is 30.3 Å². The zero-order valence-electron chi connectivity index (χ0n) is 18.2. The lowest BCUT2D eigenvalue weighted by molar-refractivity contribution is -0.135. The summed E-state index contributed by atoms with van der Waals surface area (Å²) in [6, 6.07) is 17.4. The summed E-state index contributed by atoms with van der Waals surface area (Å²) in [7, 11) is 0. The Hall–Kier alpha value is -3.02. The minimum absolute atomic E-state index is 0.0178. The average Bonchev–Trinajstić information content (AvgIpc) is 2.82. The monoisotopic (exact) mass is 424 g/mol. The maximum Gasteiger partial charge on any atom is 0.223 e. The van der Waals surface area contributed by atoms with Gasteiger partial charge < -0.3 is 19.7 Å². The second-order valence-corrected chi connectivity index (χ2v) is 7.71. The van der Waals surface area contributed by atoms with Crippen molar-refractivity contribution in [2.45, 2.75) is 39.2 Å². The maximum atomic E-state index is 12.5. The minimum atomic E-state index is -0.0178. The first-order valence-corrected chi connectivity index (χ1v) is 11.1. The van der Waals surface area contributed by atoms with Crippen LogP contribution in [0.1, 0.15) is 38.2 Å². The van der Waals surface area contributed by atoms with E-state index in [4.69, 9.17) is 9.47 Å². The lowest BCUT2D eigenvalue weighted by Gasteiger charge is -2.31. The van der Waals surface area contributed by atoms with Crippen molar-refractivity contribution < 1.29 is 19.1 Å². The van der Waals surface area contributed by atoms with E-state index in [9.17, 15) is 9.59 Å². The van der Waals surface area contributed by atoms with Crippen molar-refractivity contribution in [3.63, 3.8) is 0 Å². The Kier molecular flexibility index (Phi) is 8.76. The van der Waals surface area contributed by atoms with Gasteiger partial charge in [0.2, 0.25) is 11.8 Å². The van der Waals surface area contributed by atoms with E-state index in [0.29, 0.717) is 45.7 Å². The number of likely N-dealkylation sites (tertiary alicyclic amines) is 1. The molecule has 0 radical (unpaired) electrons. The topological polar surface area (TPSA) is 67.9 Å². The van der Waals surface area contributed by atoms with E-state index in [-0.39, 0.29) is 17.7 Å². The molecule has 0 atom stereocenters. The second kappa shape index (κ2) is 12.0. The molecule has 1 heterocycles. The summed E-state index contributed by atoms with van der Waals surface area (Å²) in [5.41, 5.74) is 1.09. The predicted octanol–water partition coefficient (Wildman–Crippen LogP) is 3.80. The highest BCUT2D eigenvalue weighted by molar-refractivity contribution is 5.80. The molecule has 2 amide bonds. The molecule has 0 bridgehead atoms. The zero-order valence-corrected chi connectivity index (χ0v) is 18.2. The van der Waals surface area contributed by atoms with Crippen molar-refractivity contribution in [3.05, 3.63) is 60.2 Å². The first kappa shape index (κ1) is 22.7. The quantitative estimate of drug-likeness (QED) is 0.589. The van der Waals surface area contributed by atoms with Gasteiger partial charge in [-0.25, -0.2) is 0 Å². The van der Waals surface area contributed by atoms with E-state index in [1.165, 1.54) is 0 Å². The molecule has 3 rings (SSSR count). The van der Waals surface area contributed by atoms with Crippen LogP contribution in [-0.2, 0) is 16.1 Å². The van der Waals surface area contributed by atoms with Crippen LogP contribution in [0.2, 0.25) is 0 Å². The van der Waals surface area contributed by atoms with Crippen LogP contribution in [0.3, 0.4) is 0 Å². The molecule has 0 aliphatic carbocycles. The number of nitrogens with zero attached hydrogens (tertiary/aromatic N) is 1. The molecule has 0 saturated carbocycles. The van der Waals surface area contributed by atoms with Gasteiger partial charge in [-0.15, -0.1) is 0 Å². The number of carbonyl (C=O) groups excluding carboxylic acids is 2. The van der Waals surface area contributed by atoms with Crippen molar-refractivity contribution in [3.8, 4) is 11.5 Å². The largest absolute Gasteiger partial charge is 0.494 e. The summed E-state index contributed by atoms with van der Waals surface area (Å²) >= 11 is 0. The molecule has 1 aliphatic heterocycles. The number of hydrogen-bond acceptors (Lipinski definition) is 4. The normalized spacial score (nSPS) is 14.2. The van der Waals surface area contributed by atoms with Crippen molar-refractivity contribution >= 4 is 11.8 Å². The van der Waals surface area contributed by atoms with Crippen LogP contribution in [-0.4, -0.2) is 43.0 Å². The highest BCUT2D eigenvalue weighted by Gasteiger charge is 2.26. The number of ether oxygens (including phenoxy) is 2.